The fraction of sp³-hybridized carbons (Fsp3) is 0.190. The Hall–Kier alpha value is -3.81. The SMILES string of the molecule is COC(=O)c1cc(OC(=O)/C=C/c2ccc(OC)cc2OC)cc(C(=O)OC)c1. The third-order valence-corrected chi connectivity index (χ3v) is 3.81. The first-order valence-electron chi connectivity index (χ1n) is 8.35. The molecular weight excluding hydrogens is 380 g/mol. The van der Waals surface area contributed by atoms with E-state index < -0.39 is 17.9 Å². The van der Waals surface area contributed by atoms with Crippen molar-refractivity contribution >= 4 is 24.0 Å². The lowest BCUT2D eigenvalue weighted by atomic mass is 10.1. The molecule has 0 atom stereocenters. The third kappa shape index (κ3) is 5.58. The summed E-state index contributed by atoms with van der Waals surface area (Å²) < 4.78 is 24.9. The number of benzene rings is 2. The van der Waals surface area contributed by atoms with Gasteiger partial charge in [-0.05, 0) is 36.4 Å². The molecule has 0 heterocycles. The Morgan fingerprint density at radius 3 is 1.90 bits per heavy atom. The van der Waals surface area contributed by atoms with Crippen LogP contribution in [0.2, 0.25) is 0 Å². The standard InChI is InChI=1S/C21H20O8/c1-25-16-7-5-13(18(12-16)26-2)6-8-19(22)29-17-10-14(20(23)27-3)9-15(11-17)21(24)28-4/h5-12H,1-4H3/b8-6+. The second-order valence-electron chi connectivity index (χ2n) is 5.59. The second kappa shape index (κ2) is 9.93. The van der Waals surface area contributed by atoms with Crippen LogP contribution in [0.5, 0.6) is 17.2 Å². The molecule has 2 rings (SSSR count). The van der Waals surface area contributed by atoms with Crippen molar-refractivity contribution < 1.29 is 38.1 Å². The zero-order chi connectivity index (χ0) is 21.4. The largest absolute Gasteiger partial charge is 0.497 e. The molecule has 0 bridgehead atoms. The van der Waals surface area contributed by atoms with Crippen molar-refractivity contribution in [3.63, 3.8) is 0 Å². The molecule has 29 heavy (non-hydrogen) atoms. The number of ether oxygens (including phenoxy) is 5. The van der Waals surface area contributed by atoms with E-state index in [1.807, 2.05) is 0 Å². The van der Waals surface area contributed by atoms with Gasteiger partial charge in [-0.3, -0.25) is 0 Å². The highest BCUT2D eigenvalue weighted by Crippen LogP contribution is 2.26. The minimum atomic E-state index is -0.722. The molecular formula is C21H20O8. The number of rotatable bonds is 7. The van der Waals surface area contributed by atoms with Crippen LogP contribution >= 0.6 is 0 Å². The van der Waals surface area contributed by atoms with Crippen LogP contribution in [0.4, 0.5) is 0 Å². The van der Waals surface area contributed by atoms with Crippen LogP contribution in [-0.2, 0) is 14.3 Å². The maximum Gasteiger partial charge on any atom is 0.338 e. The number of hydrogen-bond acceptors (Lipinski definition) is 8. The number of hydrogen-bond donors (Lipinski definition) is 0. The zero-order valence-electron chi connectivity index (χ0n) is 16.4. The quantitative estimate of drug-likeness (QED) is 0.398. The van der Waals surface area contributed by atoms with E-state index in [0.29, 0.717) is 17.1 Å². The highest BCUT2D eigenvalue weighted by molar-refractivity contribution is 5.96. The van der Waals surface area contributed by atoms with Crippen molar-refractivity contribution in [2.24, 2.45) is 0 Å². The lowest BCUT2D eigenvalue weighted by Crippen LogP contribution is -2.10. The molecule has 0 radical (unpaired) electrons. The maximum absolute atomic E-state index is 12.2. The van der Waals surface area contributed by atoms with Gasteiger partial charge in [-0.15, -0.1) is 0 Å². The molecule has 0 fully saturated rings. The fourth-order valence-electron chi connectivity index (χ4n) is 2.39. The molecule has 2 aromatic carbocycles. The first-order chi connectivity index (χ1) is 13.9. The average molecular weight is 400 g/mol. The molecule has 0 spiro atoms. The van der Waals surface area contributed by atoms with Gasteiger partial charge in [-0.1, -0.05) is 0 Å². The van der Waals surface area contributed by atoms with E-state index >= 15 is 0 Å². The lowest BCUT2D eigenvalue weighted by molar-refractivity contribution is -0.128. The first-order valence-corrected chi connectivity index (χ1v) is 8.35. The van der Waals surface area contributed by atoms with Gasteiger partial charge in [0.05, 0.1) is 39.6 Å². The van der Waals surface area contributed by atoms with Crippen LogP contribution in [0.15, 0.2) is 42.5 Å². The van der Waals surface area contributed by atoms with E-state index in [-0.39, 0.29) is 16.9 Å². The van der Waals surface area contributed by atoms with E-state index in [4.69, 9.17) is 14.2 Å². The summed E-state index contributed by atoms with van der Waals surface area (Å²) in [6.07, 6.45) is 2.69. The summed E-state index contributed by atoms with van der Waals surface area (Å²) in [7, 11) is 5.43. The number of carbonyl (C=O) groups excluding carboxylic acids is 3. The molecule has 8 nitrogen and oxygen atoms in total. The van der Waals surface area contributed by atoms with Crippen molar-refractivity contribution in [1.29, 1.82) is 0 Å². The Morgan fingerprint density at radius 1 is 0.759 bits per heavy atom. The van der Waals surface area contributed by atoms with E-state index in [2.05, 4.69) is 9.47 Å². The fourth-order valence-corrected chi connectivity index (χ4v) is 2.39. The van der Waals surface area contributed by atoms with Crippen LogP contribution in [-0.4, -0.2) is 46.3 Å². The summed E-state index contributed by atoms with van der Waals surface area (Å²) in [5.41, 5.74) is 0.710. The Kier molecular flexibility index (Phi) is 7.36. The van der Waals surface area contributed by atoms with Crippen molar-refractivity contribution in [3.05, 3.63) is 59.2 Å². The Bertz CT molecular complexity index is 911. The van der Waals surface area contributed by atoms with Crippen LogP contribution < -0.4 is 14.2 Å². The summed E-state index contributed by atoms with van der Waals surface area (Å²) in [5, 5.41) is 0. The van der Waals surface area contributed by atoms with Crippen LogP contribution in [0.1, 0.15) is 26.3 Å². The van der Waals surface area contributed by atoms with Gasteiger partial charge in [0.2, 0.25) is 0 Å². The zero-order valence-corrected chi connectivity index (χ0v) is 16.4. The summed E-state index contributed by atoms with van der Waals surface area (Å²) in [6, 6.07) is 8.97. The van der Waals surface area contributed by atoms with Gasteiger partial charge in [0, 0.05) is 17.7 Å². The van der Waals surface area contributed by atoms with E-state index in [0.717, 1.165) is 0 Å². The molecule has 0 N–H and O–H groups in total. The predicted octanol–water partition coefficient (Wildman–Crippen LogP) is 2.90. The van der Waals surface area contributed by atoms with Crippen molar-refractivity contribution in [2.45, 2.75) is 0 Å². The normalized spacial score (nSPS) is 10.3. The van der Waals surface area contributed by atoms with Crippen molar-refractivity contribution in [2.75, 3.05) is 28.4 Å². The molecule has 0 aliphatic rings. The summed E-state index contributed by atoms with van der Waals surface area (Å²) in [4.78, 5) is 35.8. The minimum Gasteiger partial charge on any atom is -0.497 e. The van der Waals surface area contributed by atoms with Crippen LogP contribution in [0.3, 0.4) is 0 Å². The molecule has 0 saturated carbocycles. The highest BCUT2D eigenvalue weighted by atomic mass is 16.5. The summed E-state index contributed by atoms with van der Waals surface area (Å²) >= 11 is 0. The molecule has 0 aromatic heterocycles. The average Bonchev–Trinajstić information content (AvgIpc) is 2.75. The number of methoxy groups -OCH3 is 4. The lowest BCUT2D eigenvalue weighted by Gasteiger charge is -2.08. The third-order valence-electron chi connectivity index (χ3n) is 3.81. The van der Waals surface area contributed by atoms with Gasteiger partial charge >= 0.3 is 17.9 Å². The van der Waals surface area contributed by atoms with Gasteiger partial charge in [0.25, 0.3) is 0 Å². The van der Waals surface area contributed by atoms with E-state index in [1.54, 1.807) is 18.2 Å². The van der Waals surface area contributed by atoms with Gasteiger partial charge in [-0.2, -0.15) is 0 Å². The molecule has 0 amide bonds. The van der Waals surface area contributed by atoms with Gasteiger partial charge in [0.15, 0.2) is 0 Å². The highest BCUT2D eigenvalue weighted by Gasteiger charge is 2.15. The molecule has 0 unspecified atom stereocenters. The molecule has 0 aliphatic heterocycles. The Labute approximate surface area is 167 Å². The van der Waals surface area contributed by atoms with Crippen molar-refractivity contribution in [3.8, 4) is 17.2 Å². The molecule has 8 heteroatoms. The Balaban J connectivity index is 2.25. The minimum absolute atomic E-state index is 0.00959. The molecule has 0 aliphatic carbocycles. The van der Waals surface area contributed by atoms with Crippen LogP contribution in [0.25, 0.3) is 6.08 Å². The second-order valence-corrected chi connectivity index (χ2v) is 5.59. The molecule has 0 saturated heterocycles. The summed E-state index contributed by atoms with van der Waals surface area (Å²) in [6.45, 7) is 0. The topological polar surface area (TPSA) is 97.4 Å². The van der Waals surface area contributed by atoms with E-state index in [1.165, 1.54) is 58.8 Å². The first kappa shape index (κ1) is 21.5. The smallest absolute Gasteiger partial charge is 0.338 e. The van der Waals surface area contributed by atoms with E-state index in [9.17, 15) is 14.4 Å². The number of carbonyl (C=O) groups is 3. The monoisotopic (exact) mass is 400 g/mol. The summed E-state index contributed by atoms with van der Waals surface area (Å²) in [5.74, 6) is -0.992. The van der Waals surface area contributed by atoms with Gasteiger partial charge in [0.1, 0.15) is 17.2 Å². The molecule has 152 valence electrons. The Morgan fingerprint density at radius 2 is 1.38 bits per heavy atom. The number of esters is 3. The van der Waals surface area contributed by atoms with Gasteiger partial charge in [-0.25, -0.2) is 14.4 Å². The molecule has 2 aromatic rings. The van der Waals surface area contributed by atoms with Gasteiger partial charge < -0.3 is 23.7 Å². The van der Waals surface area contributed by atoms with Crippen LogP contribution in [0, 0.1) is 0 Å². The predicted molar refractivity (Wildman–Crippen MR) is 103 cm³/mol. The maximum atomic E-state index is 12.2. The van der Waals surface area contributed by atoms with Crippen molar-refractivity contribution in [1.82, 2.24) is 0 Å².